The Morgan fingerprint density at radius 2 is 1.95 bits per heavy atom. The van der Waals surface area contributed by atoms with Gasteiger partial charge in [-0.05, 0) is 33.8 Å². The Balaban J connectivity index is 2.82. The number of carbonyl (C=O) groups is 1. The van der Waals surface area contributed by atoms with E-state index in [1.807, 2.05) is 0 Å². The number of esters is 1. The summed E-state index contributed by atoms with van der Waals surface area (Å²) in [5.41, 5.74) is -1.92. The van der Waals surface area contributed by atoms with Gasteiger partial charge in [0.2, 0.25) is 0 Å². The van der Waals surface area contributed by atoms with Crippen molar-refractivity contribution in [3.05, 3.63) is 17.9 Å². The van der Waals surface area contributed by atoms with Crippen LogP contribution in [0.25, 0.3) is 0 Å². The molecule has 0 saturated heterocycles. The van der Waals surface area contributed by atoms with Crippen LogP contribution in [0.3, 0.4) is 0 Å². The van der Waals surface area contributed by atoms with Crippen molar-refractivity contribution in [3.8, 4) is 0 Å². The lowest BCUT2D eigenvalue weighted by Gasteiger charge is -2.38. The van der Waals surface area contributed by atoms with Gasteiger partial charge in [0.15, 0.2) is 0 Å². The molecule has 1 heterocycles. The van der Waals surface area contributed by atoms with Gasteiger partial charge in [0, 0.05) is 0 Å². The van der Waals surface area contributed by atoms with Crippen molar-refractivity contribution in [2.75, 3.05) is 7.11 Å². The first-order chi connectivity index (χ1) is 8.58. The van der Waals surface area contributed by atoms with E-state index in [2.05, 4.69) is 4.74 Å². The fraction of sp³-hybridized carbons (Fsp3) is 0.583. The van der Waals surface area contributed by atoms with Crippen LogP contribution in [0.15, 0.2) is 16.7 Å². The topological polar surface area (TPSA) is 89.1 Å². The standard InChI is InChI=1S/C12H19BO6/c1-11(2,15)12(3,4)19-13(16)9-6-8(7-18-9)10(14)17-5/h6-7,15-16H,1-5H3. The second-order valence-corrected chi connectivity index (χ2v) is 5.27. The number of hydrogen-bond donors (Lipinski definition) is 2. The maximum absolute atomic E-state index is 11.2. The quantitative estimate of drug-likeness (QED) is 0.591. The molecule has 0 unspecified atom stereocenters. The fourth-order valence-corrected chi connectivity index (χ4v) is 1.19. The Morgan fingerprint density at radius 3 is 2.42 bits per heavy atom. The van der Waals surface area contributed by atoms with Crippen LogP contribution in [0.2, 0.25) is 0 Å². The first kappa shape index (κ1) is 15.8. The highest BCUT2D eigenvalue weighted by atomic mass is 16.6. The summed E-state index contributed by atoms with van der Waals surface area (Å²) in [5, 5.41) is 19.8. The van der Waals surface area contributed by atoms with Crippen LogP contribution in [-0.4, -0.2) is 41.5 Å². The molecule has 1 rings (SSSR count). The van der Waals surface area contributed by atoms with E-state index in [4.69, 9.17) is 9.07 Å². The maximum atomic E-state index is 11.2. The molecule has 0 amide bonds. The molecule has 1 aromatic rings. The monoisotopic (exact) mass is 270 g/mol. The molecule has 0 aliphatic rings. The summed E-state index contributed by atoms with van der Waals surface area (Å²) in [6.07, 6.45) is 1.17. The summed E-state index contributed by atoms with van der Waals surface area (Å²) in [6, 6.07) is 1.33. The highest BCUT2D eigenvalue weighted by Gasteiger charge is 2.40. The van der Waals surface area contributed by atoms with Crippen LogP contribution in [0.1, 0.15) is 38.1 Å². The van der Waals surface area contributed by atoms with E-state index >= 15 is 0 Å². The number of ether oxygens (including phenoxy) is 1. The summed E-state index contributed by atoms with van der Waals surface area (Å²) >= 11 is 0. The Morgan fingerprint density at radius 1 is 1.37 bits per heavy atom. The van der Waals surface area contributed by atoms with E-state index in [0.29, 0.717) is 0 Å². The van der Waals surface area contributed by atoms with E-state index in [1.165, 1.54) is 19.4 Å². The molecule has 7 heteroatoms. The van der Waals surface area contributed by atoms with Crippen LogP contribution in [0.4, 0.5) is 0 Å². The van der Waals surface area contributed by atoms with Gasteiger partial charge in [-0.2, -0.15) is 0 Å². The SMILES string of the molecule is COC(=O)c1coc(B(O)OC(C)(C)C(C)(C)O)c1. The second kappa shape index (κ2) is 5.36. The molecule has 1 aromatic heterocycles. The Labute approximate surface area is 112 Å². The fourth-order valence-electron chi connectivity index (χ4n) is 1.19. The molecule has 0 aliphatic heterocycles. The Kier molecular flexibility index (Phi) is 4.44. The largest absolute Gasteiger partial charge is 0.529 e. The van der Waals surface area contributed by atoms with Crippen molar-refractivity contribution in [2.24, 2.45) is 0 Å². The average molecular weight is 270 g/mol. The molecule has 106 valence electrons. The van der Waals surface area contributed by atoms with Crippen molar-refractivity contribution < 1.29 is 28.7 Å². The van der Waals surface area contributed by atoms with Gasteiger partial charge >= 0.3 is 13.1 Å². The first-order valence-corrected chi connectivity index (χ1v) is 5.83. The summed E-state index contributed by atoms with van der Waals surface area (Å²) in [7, 11) is -0.140. The molecule has 0 spiro atoms. The van der Waals surface area contributed by atoms with Gasteiger partial charge in [0.25, 0.3) is 0 Å². The molecule has 2 N–H and O–H groups in total. The molecule has 0 atom stereocenters. The van der Waals surface area contributed by atoms with Gasteiger partial charge in [-0.25, -0.2) is 4.79 Å². The van der Waals surface area contributed by atoms with Gasteiger partial charge < -0.3 is 23.9 Å². The molecule has 0 radical (unpaired) electrons. The molecule has 0 fully saturated rings. The summed E-state index contributed by atoms with van der Waals surface area (Å²) in [5.74, 6) is -0.566. The minimum Gasteiger partial charge on any atom is -0.472 e. The Bertz CT molecular complexity index is 445. The zero-order valence-electron chi connectivity index (χ0n) is 11.8. The van der Waals surface area contributed by atoms with Crippen molar-refractivity contribution in [3.63, 3.8) is 0 Å². The van der Waals surface area contributed by atoms with Gasteiger partial charge in [-0.3, -0.25) is 0 Å². The van der Waals surface area contributed by atoms with Gasteiger partial charge in [0.1, 0.15) is 11.9 Å². The van der Waals surface area contributed by atoms with Crippen molar-refractivity contribution in [2.45, 2.75) is 38.9 Å². The first-order valence-electron chi connectivity index (χ1n) is 5.83. The van der Waals surface area contributed by atoms with Crippen LogP contribution in [0, 0.1) is 0 Å². The van der Waals surface area contributed by atoms with E-state index in [0.717, 1.165) is 0 Å². The third kappa shape index (κ3) is 3.59. The van der Waals surface area contributed by atoms with Crippen LogP contribution in [0.5, 0.6) is 0 Å². The number of carbonyl (C=O) groups excluding carboxylic acids is 1. The van der Waals surface area contributed by atoms with E-state index in [9.17, 15) is 14.9 Å². The van der Waals surface area contributed by atoms with Crippen LogP contribution in [-0.2, 0) is 9.39 Å². The predicted octanol–water partition coefficient (Wildman–Crippen LogP) is 0.320. The molecule has 0 saturated carbocycles. The molecule has 6 nitrogen and oxygen atoms in total. The van der Waals surface area contributed by atoms with Crippen molar-refractivity contribution in [1.82, 2.24) is 0 Å². The molecular formula is C12H19BO6. The van der Waals surface area contributed by atoms with E-state index in [-0.39, 0.29) is 11.2 Å². The highest BCUT2D eigenvalue weighted by Crippen LogP contribution is 2.25. The molecule has 0 aromatic carbocycles. The van der Waals surface area contributed by atoms with Crippen LogP contribution >= 0.6 is 0 Å². The molecule has 19 heavy (non-hydrogen) atoms. The number of rotatable bonds is 5. The summed E-state index contributed by atoms with van der Waals surface area (Å²) in [6.45, 7) is 6.42. The van der Waals surface area contributed by atoms with Gasteiger partial charge in [0.05, 0.1) is 23.9 Å². The van der Waals surface area contributed by atoms with Crippen molar-refractivity contribution in [1.29, 1.82) is 0 Å². The number of furan rings is 1. The molecule has 0 aliphatic carbocycles. The normalized spacial score (nSPS) is 12.4. The van der Waals surface area contributed by atoms with E-state index in [1.54, 1.807) is 27.7 Å². The molecular weight excluding hydrogens is 251 g/mol. The second-order valence-electron chi connectivity index (χ2n) is 5.27. The minimum absolute atomic E-state index is 0.0673. The van der Waals surface area contributed by atoms with Gasteiger partial charge in [-0.1, -0.05) is 0 Å². The number of aliphatic hydroxyl groups is 1. The summed E-state index contributed by atoms with van der Waals surface area (Å²) in [4.78, 5) is 11.2. The lowest BCUT2D eigenvalue weighted by molar-refractivity contribution is -0.0986. The molecule has 0 bridgehead atoms. The number of methoxy groups -OCH3 is 1. The smallest absolute Gasteiger partial charge is 0.472 e. The average Bonchev–Trinajstić information content (AvgIpc) is 2.75. The van der Waals surface area contributed by atoms with E-state index < -0.39 is 24.3 Å². The lowest BCUT2D eigenvalue weighted by atomic mass is 9.81. The maximum Gasteiger partial charge on any atom is 0.529 e. The zero-order valence-corrected chi connectivity index (χ0v) is 11.8. The third-order valence-electron chi connectivity index (χ3n) is 3.16. The van der Waals surface area contributed by atoms with Gasteiger partial charge in [-0.15, -0.1) is 0 Å². The number of hydrogen-bond acceptors (Lipinski definition) is 6. The van der Waals surface area contributed by atoms with Crippen LogP contribution < -0.4 is 5.66 Å². The highest BCUT2D eigenvalue weighted by molar-refractivity contribution is 6.58. The minimum atomic E-state index is -1.39. The summed E-state index contributed by atoms with van der Waals surface area (Å²) < 4.78 is 14.9. The van der Waals surface area contributed by atoms with Crippen molar-refractivity contribution >= 4 is 18.7 Å². The Hall–Kier alpha value is -1.31. The lowest BCUT2D eigenvalue weighted by Crippen LogP contribution is -2.52. The zero-order chi connectivity index (χ0) is 14.8. The third-order valence-corrected chi connectivity index (χ3v) is 3.16. The predicted molar refractivity (Wildman–Crippen MR) is 69.1 cm³/mol.